The lowest BCUT2D eigenvalue weighted by Gasteiger charge is -2.15. The van der Waals surface area contributed by atoms with Crippen LogP contribution in [0.1, 0.15) is 16.2 Å². The zero-order valence-corrected chi connectivity index (χ0v) is 16.3. The highest BCUT2D eigenvalue weighted by molar-refractivity contribution is 5.91. The minimum absolute atomic E-state index is 0.105. The number of aryl methyl sites for hydroxylation is 1. The molecule has 0 aliphatic carbocycles. The second-order valence-corrected chi connectivity index (χ2v) is 6.15. The van der Waals surface area contributed by atoms with Crippen molar-refractivity contribution in [1.29, 1.82) is 0 Å². The fraction of sp³-hybridized carbons (Fsp3) is 0.316. The van der Waals surface area contributed by atoms with Gasteiger partial charge in [0.2, 0.25) is 5.75 Å². The number of benzene rings is 1. The van der Waals surface area contributed by atoms with Crippen molar-refractivity contribution in [2.45, 2.75) is 13.3 Å². The second-order valence-electron chi connectivity index (χ2n) is 6.15. The highest BCUT2D eigenvalue weighted by atomic mass is 16.5. The van der Waals surface area contributed by atoms with Crippen molar-refractivity contribution in [2.75, 3.05) is 21.3 Å². The van der Waals surface area contributed by atoms with E-state index in [2.05, 4.69) is 10.2 Å². The molecule has 2 aromatic heterocycles. The van der Waals surface area contributed by atoms with Crippen LogP contribution in [-0.4, -0.2) is 51.6 Å². The summed E-state index contributed by atoms with van der Waals surface area (Å²) < 4.78 is 19.6. The summed E-state index contributed by atoms with van der Waals surface area (Å²) in [5.41, 5.74) is 1.14. The summed E-state index contributed by atoms with van der Waals surface area (Å²) in [5.74, 6) is 1.39. The Morgan fingerprint density at radius 2 is 1.79 bits per heavy atom. The smallest absolute Gasteiger partial charge is 0.274 e. The van der Waals surface area contributed by atoms with Crippen LogP contribution in [0.3, 0.4) is 0 Å². The van der Waals surface area contributed by atoms with E-state index >= 15 is 0 Å². The second kappa shape index (κ2) is 8.47. The zero-order chi connectivity index (χ0) is 20.1. The number of ether oxygens (including phenoxy) is 3. The molecule has 148 valence electrons. The van der Waals surface area contributed by atoms with Gasteiger partial charge in [0.05, 0.1) is 26.5 Å². The number of hydrogen-bond donors (Lipinski definition) is 0. The number of carbonyl (C=O) groups is 1. The molecule has 0 saturated heterocycles. The Kier molecular flexibility index (Phi) is 5.83. The normalized spacial score (nSPS) is 10.6. The van der Waals surface area contributed by atoms with Crippen molar-refractivity contribution >= 4 is 5.91 Å². The van der Waals surface area contributed by atoms with Crippen molar-refractivity contribution < 1.29 is 19.0 Å². The van der Waals surface area contributed by atoms with E-state index in [1.54, 1.807) is 55.2 Å². The van der Waals surface area contributed by atoms with Crippen LogP contribution in [0.25, 0.3) is 0 Å². The molecule has 3 aromatic rings. The summed E-state index contributed by atoms with van der Waals surface area (Å²) in [6, 6.07) is 8.90. The highest BCUT2D eigenvalue weighted by Crippen LogP contribution is 2.36. The Morgan fingerprint density at radius 1 is 1.07 bits per heavy atom. The number of para-hydroxylation sites is 1. The van der Waals surface area contributed by atoms with E-state index in [1.165, 1.54) is 4.68 Å². The van der Waals surface area contributed by atoms with Gasteiger partial charge < -0.3 is 19.1 Å². The average Bonchev–Trinajstić information content (AvgIpc) is 3.34. The first-order valence-corrected chi connectivity index (χ1v) is 8.63. The maximum Gasteiger partial charge on any atom is 0.274 e. The van der Waals surface area contributed by atoms with E-state index in [0.717, 1.165) is 5.69 Å². The first-order chi connectivity index (χ1) is 13.5. The van der Waals surface area contributed by atoms with Gasteiger partial charge in [-0.25, -0.2) is 4.68 Å². The zero-order valence-electron chi connectivity index (χ0n) is 16.3. The van der Waals surface area contributed by atoms with Crippen LogP contribution in [0.4, 0.5) is 0 Å². The van der Waals surface area contributed by atoms with Crippen molar-refractivity contribution in [3.63, 3.8) is 0 Å². The van der Waals surface area contributed by atoms with E-state index in [0.29, 0.717) is 29.5 Å². The predicted molar refractivity (Wildman–Crippen MR) is 101 cm³/mol. The molecule has 0 saturated carbocycles. The van der Waals surface area contributed by atoms with E-state index in [1.807, 2.05) is 25.4 Å². The van der Waals surface area contributed by atoms with Crippen molar-refractivity contribution in [3.05, 3.63) is 54.1 Å². The number of rotatable bonds is 8. The number of aromatic nitrogens is 4. The fourth-order valence-corrected chi connectivity index (χ4v) is 2.70. The predicted octanol–water partition coefficient (Wildman–Crippen LogP) is 1.94. The van der Waals surface area contributed by atoms with Gasteiger partial charge in [0.15, 0.2) is 23.9 Å². The third kappa shape index (κ3) is 4.25. The van der Waals surface area contributed by atoms with Crippen LogP contribution in [-0.2, 0) is 20.3 Å². The van der Waals surface area contributed by atoms with Crippen molar-refractivity contribution in [2.24, 2.45) is 7.05 Å². The third-order valence-corrected chi connectivity index (χ3v) is 4.10. The van der Waals surface area contributed by atoms with Crippen molar-refractivity contribution in [3.8, 4) is 17.2 Å². The van der Waals surface area contributed by atoms with Crippen LogP contribution in [0.15, 0.2) is 42.7 Å². The SMILES string of the molecule is COc1cccc(OC)c1OCn1ccc(C(=O)N(C)Cc2ccn(C)n2)n1. The average molecular weight is 385 g/mol. The van der Waals surface area contributed by atoms with Gasteiger partial charge in [0.25, 0.3) is 5.91 Å². The van der Waals surface area contributed by atoms with Gasteiger partial charge in [-0.05, 0) is 24.3 Å². The molecule has 0 bridgehead atoms. The van der Waals surface area contributed by atoms with Gasteiger partial charge in [0.1, 0.15) is 0 Å². The molecule has 9 nitrogen and oxygen atoms in total. The van der Waals surface area contributed by atoms with Crippen molar-refractivity contribution in [1.82, 2.24) is 24.5 Å². The summed E-state index contributed by atoms with van der Waals surface area (Å²) >= 11 is 0. The molecular weight excluding hydrogens is 362 g/mol. The minimum Gasteiger partial charge on any atom is -0.493 e. The Morgan fingerprint density at radius 3 is 2.39 bits per heavy atom. The lowest BCUT2D eigenvalue weighted by molar-refractivity contribution is 0.0775. The van der Waals surface area contributed by atoms with Gasteiger partial charge in [-0.1, -0.05) is 6.07 Å². The summed E-state index contributed by atoms with van der Waals surface area (Å²) in [4.78, 5) is 14.1. The topological polar surface area (TPSA) is 83.6 Å². The van der Waals surface area contributed by atoms with Gasteiger partial charge in [0, 0.05) is 26.5 Å². The Hall–Kier alpha value is -3.49. The molecule has 0 aliphatic heterocycles. The van der Waals surface area contributed by atoms with Gasteiger partial charge in [-0.15, -0.1) is 0 Å². The number of methoxy groups -OCH3 is 2. The van der Waals surface area contributed by atoms with E-state index < -0.39 is 0 Å². The lowest BCUT2D eigenvalue weighted by Crippen LogP contribution is -2.27. The largest absolute Gasteiger partial charge is 0.493 e. The van der Waals surface area contributed by atoms with E-state index in [9.17, 15) is 4.79 Å². The molecule has 0 atom stereocenters. The van der Waals surface area contributed by atoms with E-state index in [-0.39, 0.29) is 12.6 Å². The number of amides is 1. The van der Waals surface area contributed by atoms with Crippen LogP contribution >= 0.6 is 0 Å². The molecule has 0 aliphatic rings. The number of carbonyl (C=O) groups excluding carboxylic acids is 1. The maximum atomic E-state index is 12.6. The molecule has 0 unspecified atom stereocenters. The van der Waals surface area contributed by atoms with Crippen LogP contribution < -0.4 is 14.2 Å². The Balaban J connectivity index is 1.65. The molecule has 0 fully saturated rings. The van der Waals surface area contributed by atoms with E-state index in [4.69, 9.17) is 14.2 Å². The first-order valence-electron chi connectivity index (χ1n) is 8.63. The Labute approximate surface area is 163 Å². The minimum atomic E-state index is -0.195. The van der Waals surface area contributed by atoms with Gasteiger partial charge >= 0.3 is 0 Å². The van der Waals surface area contributed by atoms with Gasteiger partial charge in [-0.3, -0.25) is 9.48 Å². The molecule has 0 spiro atoms. The van der Waals surface area contributed by atoms with Gasteiger partial charge in [-0.2, -0.15) is 10.2 Å². The molecule has 0 N–H and O–H groups in total. The Bertz CT molecular complexity index is 927. The summed E-state index contributed by atoms with van der Waals surface area (Å²) in [7, 11) is 6.67. The molecule has 1 aromatic carbocycles. The third-order valence-electron chi connectivity index (χ3n) is 4.10. The lowest BCUT2D eigenvalue weighted by atomic mass is 10.3. The molecule has 0 radical (unpaired) electrons. The highest BCUT2D eigenvalue weighted by Gasteiger charge is 2.17. The van der Waals surface area contributed by atoms with Crippen LogP contribution in [0.5, 0.6) is 17.2 Å². The summed E-state index contributed by atoms with van der Waals surface area (Å²) in [6.45, 7) is 0.509. The molecule has 9 heteroatoms. The molecule has 3 rings (SSSR count). The number of nitrogens with zero attached hydrogens (tertiary/aromatic N) is 5. The summed E-state index contributed by atoms with van der Waals surface area (Å²) in [5, 5.41) is 8.58. The molecule has 2 heterocycles. The fourth-order valence-electron chi connectivity index (χ4n) is 2.70. The molecular formula is C19H23N5O4. The monoisotopic (exact) mass is 385 g/mol. The first kappa shape index (κ1) is 19.3. The standard InChI is InChI=1S/C19H23N5O4/c1-22(12-14-8-10-23(2)20-14)19(25)15-9-11-24(21-15)13-28-18-16(26-3)6-5-7-17(18)27-4/h5-11H,12-13H2,1-4H3. The maximum absolute atomic E-state index is 12.6. The van der Waals surface area contributed by atoms with Crippen LogP contribution in [0.2, 0.25) is 0 Å². The number of hydrogen-bond acceptors (Lipinski definition) is 6. The molecule has 1 amide bonds. The van der Waals surface area contributed by atoms with Crippen LogP contribution in [0, 0.1) is 0 Å². The summed E-state index contributed by atoms with van der Waals surface area (Å²) in [6.07, 6.45) is 3.52. The molecule has 28 heavy (non-hydrogen) atoms. The quantitative estimate of drug-likeness (QED) is 0.589.